The van der Waals surface area contributed by atoms with E-state index in [1.165, 1.54) is 0 Å². The van der Waals surface area contributed by atoms with Gasteiger partial charge >= 0.3 is 0 Å². The second-order valence-electron chi connectivity index (χ2n) is 3.78. The molecule has 0 aliphatic heterocycles. The number of carbonyl (C=O) groups excluding carboxylic acids is 1. The van der Waals surface area contributed by atoms with Crippen molar-refractivity contribution in [2.24, 2.45) is 5.73 Å². The Bertz CT molecular complexity index is 398. The molecule has 1 rings (SSSR count). The van der Waals surface area contributed by atoms with Crippen molar-refractivity contribution in [3.05, 3.63) is 29.8 Å². The van der Waals surface area contributed by atoms with Crippen LogP contribution < -0.4 is 10.6 Å². The Morgan fingerprint density at radius 2 is 2.17 bits per heavy atom. The first-order valence-corrected chi connectivity index (χ1v) is 6.46. The normalized spacial score (nSPS) is 12.2. The number of nitrogens with zero attached hydrogens (tertiary/aromatic N) is 1. The zero-order valence-electron chi connectivity index (χ0n) is 10.7. The zero-order chi connectivity index (χ0) is 13.5. The van der Waals surface area contributed by atoms with E-state index in [1.807, 2.05) is 38.1 Å². The van der Waals surface area contributed by atoms with Gasteiger partial charge in [-0.15, -0.1) is 11.6 Å². The number of ether oxygens (including phenoxy) is 1. The lowest BCUT2D eigenvalue weighted by Gasteiger charge is -2.30. The molecule has 0 spiro atoms. The fraction of sp³-hybridized carbons (Fsp3) is 0.462. The topological polar surface area (TPSA) is 55.6 Å². The van der Waals surface area contributed by atoms with Crippen LogP contribution in [0.2, 0.25) is 0 Å². The molecule has 18 heavy (non-hydrogen) atoms. The maximum Gasteiger partial charge on any atom is 0.244 e. The summed E-state index contributed by atoms with van der Waals surface area (Å²) >= 11 is 5.66. The van der Waals surface area contributed by atoms with Crippen LogP contribution in [0.4, 0.5) is 5.69 Å². The van der Waals surface area contributed by atoms with Crippen molar-refractivity contribution >= 4 is 23.2 Å². The largest absolute Gasteiger partial charge is 0.359 e. The Morgan fingerprint density at radius 1 is 1.50 bits per heavy atom. The first-order chi connectivity index (χ1) is 8.65. The number of hydrogen-bond donors (Lipinski definition) is 1. The lowest BCUT2D eigenvalue weighted by molar-refractivity contribution is -0.118. The van der Waals surface area contributed by atoms with Gasteiger partial charge < -0.3 is 10.5 Å². The van der Waals surface area contributed by atoms with Gasteiger partial charge in [0.15, 0.2) is 0 Å². The first-order valence-electron chi connectivity index (χ1n) is 5.93. The molecule has 0 heterocycles. The van der Waals surface area contributed by atoms with Crippen LogP contribution >= 0.6 is 11.6 Å². The van der Waals surface area contributed by atoms with Crippen LogP contribution in [0.15, 0.2) is 24.3 Å². The van der Waals surface area contributed by atoms with E-state index in [2.05, 4.69) is 0 Å². The quantitative estimate of drug-likeness (QED) is 0.636. The summed E-state index contributed by atoms with van der Waals surface area (Å²) in [4.78, 5) is 13.5. The van der Waals surface area contributed by atoms with Gasteiger partial charge in [-0.05, 0) is 25.5 Å². The van der Waals surface area contributed by atoms with E-state index < -0.39 is 0 Å². The molecule has 100 valence electrons. The van der Waals surface area contributed by atoms with Gasteiger partial charge in [-0.1, -0.05) is 18.2 Å². The highest BCUT2D eigenvalue weighted by atomic mass is 35.5. The minimum atomic E-state index is -0.367. The van der Waals surface area contributed by atoms with Gasteiger partial charge in [0.2, 0.25) is 5.91 Å². The SMILES string of the molecule is CCOC(C)N(C(=O)CCl)c1ccccc1CN. The molecule has 0 saturated carbocycles. The van der Waals surface area contributed by atoms with Crippen LogP contribution in [0.3, 0.4) is 0 Å². The number of anilines is 1. The summed E-state index contributed by atoms with van der Waals surface area (Å²) in [7, 11) is 0. The van der Waals surface area contributed by atoms with E-state index in [9.17, 15) is 4.79 Å². The van der Waals surface area contributed by atoms with Gasteiger partial charge in [0.25, 0.3) is 0 Å². The van der Waals surface area contributed by atoms with E-state index in [-0.39, 0.29) is 18.0 Å². The maximum absolute atomic E-state index is 12.0. The minimum Gasteiger partial charge on any atom is -0.359 e. The maximum atomic E-state index is 12.0. The number of benzene rings is 1. The predicted molar refractivity (Wildman–Crippen MR) is 73.6 cm³/mol. The number of carbonyl (C=O) groups is 1. The van der Waals surface area contributed by atoms with Crippen molar-refractivity contribution in [3.63, 3.8) is 0 Å². The number of hydrogen-bond acceptors (Lipinski definition) is 3. The minimum absolute atomic E-state index is 0.0870. The molecule has 0 radical (unpaired) electrons. The average molecular weight is 271 g/mol. The monoisotopic (exact) mass is 270 g/mol. The molecule has 0 bridgehead atoms. The summed E-state index contributed by atoms with van der Waals surface area (Å²) in [6.07, 6.45) is -0.367. The van der Waals surface area contributed by atoms with Crippen LogP contribution in [0.5, 0.6) is 0 Å². The zero-order valence-corrected chi connectivity index (χ0v) is 11.5. The third-order valence-corrected chi connectivity index (χ3v) is 2.85. The number of rotatable bonds is 6. The Balaban J connectivity index is 3.12. The molecule has 1 aromatic rings. The number of alkyl halides is 1. The highest BCUT2D eigenvalue weighted by Crippen LogP contribution is 2.23. The summed E-state index contributed by atoms with van der Waals surface area (Å²) in [5, 5.41) is 0. The summed E-state index contributed by atoms with van der Waals surface area (Å²) < 4.78 is 5.49. The molecule has 1 amide bonds. The number of nitrogens with two attached hydrogens (primary N) is 1. The second kappa shape index (κ2) is 7.36. The molecule has 0 aromatic heterocycles. The molecular weight excluding hydrogens is 252 g/mol. The molecular formula is C13H19ClN2O2. The van der Waals surface area contributed by atoms with Crippen LogP contribution in [-0.4, -0.2) is 24.6 Å². The Hall–Kier alpha value is -1.10. The van der Waals surface area contributed by atoms with E-state index in [1.54, 1.807) is 4.90 Å². The van der Waals surface area contributed by atoms with Crippen molar-refractivity contribution in [1.82, 2.24) is 0 Å². The van der Waals surface area contributed by atoms with Crippen LogP contribution in [0.1, 0.15) is 19.4 Å². The van der Waals surface area contributed by atoms with Crippen LogP contribution in [0, 0.1) is 0 Å². The van der Waals surface area contributed by atoms with E-state index >= 15 is 0 Å². The fourth-order valence-electron chi connectivity index (χ4n) is 1.83. The van der Waals surface area contributed by atoms with E-state index in [4.69, 9.17) is 22.1 Å². The van der Waals surface area contributed by atoms with Gasteiger partial charge in [-0.25, -0.2) is 0 Å². The summed E-state index contributed by atoms with van der Waals surface area (Å²) in [6, 6.07) is 7.49. The molecule has 2 N–H and O–H groups in total. The first kappa shape index (κ1) is 15.0. The Morgan fingerprint density at radius 3 is 2.72 bits per heavy atom. The highest BCUT2D eigenvalue weighted by molar-refractivity contribution is 6.29. The summed E-state index contributed by atoms with van der Waals surface area (Å²) in [5.74, 6) is -0.283. The molecule has 0 aliphatic rings. The van der Waals surface area contributed by atoms with Crippen molar-refractivity contribution in [1.29, 1.82) is 0 Å². The van der Waals surface area contributed by atoms with Gasteiger partial charge in [-0.3, -0.25) is 9.69 Å². The Labute approximate surface area is 113 Å². The van der Waals surface area contributed by atoms with E-state index in [0.29, 0.717) is 13.2 Å². The molecule has 1 atom stereocenters. The second-order valence-corrected chi connectivity index (χ2v) is 4.05. The Kier molecular flexibility index (Phi) is 6.12. The lowest BCUT2D eigenvalue weighted by Crippen LogP contribution is -2.42. The molecule has 0 aliphatic carbocycles. The molecule has 4 nitrogen and oxygen atoms in total. The molecule has 1 unspecified atom stereocenters. The molecule has 0 saturated heterocycles. The molecule has 1 aromatic carbocycles. The average Bonchev–Trinajstić information content (AvgIpc) is 2.39. The van der Waals surface area contributed by atoms with Crippen molar-refractivity contribution in [3.8, 4) is 0 Å². The molecule has 0 fully saturated rings. The number of halogens is 1. The summed E-state index contributed by atoms with van der Waals surface area (Å²) in [5.41, 5.74) is 7.34. The lowest BCUT2D eigenvalue weighted by atomic mass is 10.1. The van der Waals surface area contributed by atoms with Crippen LogP contribution in [0.25, 0.3) is 0 Å². The van der Waals surface area contributed by atoms with Crippen molar-refractivity contribution < 1.29 is 9.53 Å². The number of amides is 1. The van der Waals surface area contributed by atoms with Crippen molar-refractivity contribution in [2.45, 2.75) is 26.6 Å². The number of para-hydroxylation sites is 1. The van der Waals surface area contributed by atoms with Gasteiger partial charge in [-0.2, -0.15) is 0 Å². The fourth-order valence-corrected chi connectivity index (χ4v) is 1.96. The third kappa shape index (κ3) is 3.45. The highest BCUT2D eigenvalue weighted by Gasteiger charge is 2.23. The van der Waals surface area contributed by atoms with Crippen molar-refractivity contribution in [2.75, 3.05) is 17.4 Å². The predicted octanol–water partition coefficient (Wildman–Crippen LogP) is 2.10. The van der Waals surface area contributed by atoms with Gasteiger partial charge in [0, 0.05) is 13.2 Å². The third-order valence-electron chi connectivity index (χ3n) is 2.63. The smallest absolute Gasteiger partial charge is 0.244 e. The molecule has 5 heteroatoms. The standard InChI is InChI=1S/C13H19ClN2O2/c1-3-18-10(2)16(13(17)8-14)12-7-5-4-6-11(12)9-15/h4-7,10H,3,8-9,15H2,1-2H3. The summed E-state index contributed by atoms with van der Waals surface area (Å²) in [6.45, 7) is 4.59. The van der Waals surface area contributed by atoms with Crippen LogP contribution in [-0.2, 0) is 16.1 Å². The van der Waals surface area contributed by atoms with Gasteiger partial charge in [0.05, 0.1) is 5.69 Å². The van der Waals surface area contributed by atoms with E-state index in [0.717, 1.165) is 11.3 Å². The van der Waals surface area contributed by atoms with Gasteiger partial charge in [0.1, 0.15) is 12.1 Å².